The van der Waals surface area contributed by atoms with Gasteiger partial charge in [-0.1, -0.05) is 50.3 Å². The van der Waals surface area contributed by atoms with E-state index in [1.165, 1.54) is 0 Å². The van der Waals surface area contributed by atoms with Crippen LogP contribution in [0.25, 0.3) is 16.6 Å². The first-order chi connectivity index (χ1) is 13.6. The van der Waals surface area contributed by atoms with E-state index >= 15 is 0 Å². The molecular formula is C24H23N3O. The Hall–Kier alpha value is -3.40. The highest BCUT2D eigenvalue weighted by Crippen LogP contribution is 2.30. The number of nitrogens with zero attached hydrogens (tertiary/aromatic N) is 2. The van der Waals surface area contributed by atoms with Crippen molar-refractivity contribution in [1.82, 2.24) is 9.55 Å². The summed E-state index contributed by atoms with van der Waals surface area (Å²) in [4.78, 5) is 17.3. The highest BCUT2D eigenvalue weighted by Gasteiger charge is 2.17. The minimum atomic E-state index is -0.0339. The van der Waals surface area contributed by atoms with Crippen molar-refractivity contribution in [3.05, 3.63) is 95.0 Å². The maximum Gasteiger partial charge on any atom is 0.193 e. The van der Waals surface area contributed by atoms with Gasteiger partial charge in [-0.25, -0.2) is 0 Å². The first kappa shape index (κ1) is 18.0. The van der Waals surface area contributed by atoms with E-state index in [1.807, 2.05) is 36.5 Å². The average molecular weight is 369 g/mol. The Balaban J connectivity index is 2.06. The molecule has 4 rings (SSSR count). The zero-order valence-corrected chi connectivity index (χ0v) is 16.1. The second kappa shape index (κ2) is 7.69. The van der Waals surface area contributed by atoms with Gasteiger partial charge in [-0.3, -0.25) is 14.3 Å². The van der Waals surface area contributed by atoms with E-state index in [-0.39, 0.29) is 11.3 Å². The molecule has 28 heavy (non-hydrogen) atoms. The second-order valence-electron chi connectivity index (χ2n) is 7.16. The van der Waals surface area contributed by atoms with Gasteiger partial charge in [0.15, 0.2) is 5.43 Å². The molecule has 1 aliphatic carbocycles. The maximum atomic E-state index is 12.9. The third kappa shape index (κ3) is 3.41. The van der Waals surface area contributed by atoms with Gasteiger partial charge in [0.25, 0.3) is 0 Å². The van der Waals surface area contributed by atoms with E-state index in [2.05, 4.69) is 59.1 Å². The number of aromatic nitrogens is 2. The topological polar surface area (TPSA) is 46.9 Å². The molecule has 2 aromatic heterocycles. The number of fused-ring (bicyclic) bond motifs is 1. The van der Waals surface area contributed by atoms with Gasteiger partial charge < -0.3 is 5.32 Å². The van der Waals surface area contributed by atoms with Gasteiger partial charge in [0, 0.05) is 29.8 Å². The van der Waals surface area contributed by atoms with Gasteiger partial charge >= 0.3 is 0 Å². The van der Waals surface area contributed by atoms with E-state index in [9.17, 15) is 4.79 Å². The summed E-state index contributed by atoms with van der Waals surface area (Å²) in [6.07, 6.45) is 14.9. The quantitative estimate of drug-likeness (QED) is 0.649. The zero-order valence-electron chi connectivity index (χ0n) is 16.1. The summed E-state index contributed by atoms with van der Waals surface area (Å²) in [6.45, 7) is 4.25. The summed E-state index contributed by atoms with van der Waals surface area (Å²) in [5.74, 6) is 0.975. The van der Waals surface area contributed by atoms with Crippen molar-refractivity contribution in [3.8, 4) is 0 Å². The van der Waals surface area contributed by atoms with Gasteiger partial charge in [0.2, 0.25) is 0 Å². The highest BCUT2D eigenvalue weighted by atomic mass is 16.1. The normalized spacial score (nSPS) is 13.6. The van der Waals surface area contributed by atoms with Crippen LogP contribution in [0.1, 0.15) is 31.7 Å². The smallest absolute Gasteiger partial charge is 0.193 e. The van der Waals surface area contributed by atoms with Crippen molar-refractivity contribution in [2.75, 3.05) is 5.32 Å². The van der Waals surface area contributed by atoms with Gasteiger partial charge in [-0.05, 0) is 42.2 Å². The van der Waals surface area contributed by atoms with Gasteiger partial charge in [-0.2, -0.15) is 0 Å². The van der Waals surface area contributed by atoms with Crippen LogP contribution in [0.2, 0.25) is 0 Å². The van der Waals surface area contributed by atoms with Crippen molar-refractivity contribution in [3.63, 3.8) is 0 Å². The number of nitrogens with one attached hydrogen (secondary N) is 1. The van der Waals surface area contributed by atoms with Crippen LogP contribution < -0.4 is 10.7 Å². The molecule has 2 heterocycles. The van der Waals surface area contributed by atoms with Crippen molar-refractivity contribution in [2.45, 2.75) is 26.2 Å². The Morgan fingerprint density at radius 3 is 2.71 bits per heavy atom. The molecule has 0 fully saturated rings. The minimum Gasteiger partial charge on any atom is -0.341 e. The third-order valence-electron chi connectivity index (χ3n) is 4.83. The molecular weight excluding hydrogens is 346 g/mol. The average Bonchev–Trinajstić information content (AvgIpc) is 2.98. The summed E-state index contributed by atoms with van der Waals surface area (Å²) in [5.41, 5.74) is 3.86. The fraction of sp³-hybridized carbons (Fsp3) is 0.167. The van der Waals surface area contributed by atoms with Crippen molar-refractivity contribution in [1.29, 1.82) is 0 Å². The highest BCUT2D eigenvalue weighted by molar-refractivity contribution is 5.89. The molecule has 140 valence electrons. The lowest BCUT2D eigenvalue weighted by Crippen LogP contribution is -2.15. The predicted octanol–water partition coefficient (Wildman–Crippen LogP) is 5.62. The lowest BCUT2D eigenvalue weighted by Gasteiger charge is -2.21. The van der Waals surface area contributed by atoms with Crippen LogP contribution in [-0.2, 0) is 0 Å². The zero-order chi connectivity index (χ0) is 19.5. The van der Waals surface area contributed by atoms with Crippen molar-refractivity contribution >= 4 is 28.1 Å². The van der Waals surface area contributed by atoms with Gasteiger partial charge in [0.05, 0.1) is 10.9 Å². The number of pyridine rings is 2. The number of hydrogen-bond donors (Lipinski definition) is 1. The fourth-order valence-electron chi connectivity index (χ4n) is 3.46. The van der Waals surface area contributed by atoms with Gasteiger partial charge in [0.1, 0.15) is 5.82 Å². The summed E-state index contributed by atoms with van der Waals surface area (Å²) in [7, 11) is 0. The first-order valence-corrected chi connectivity index (χ1v) is 9.54. The Morgan fingerprint density at radius 2 is 1.93 bits per heavy atom. The summed E-state index contributed by atoms with van der Waals surface area (Å²) >= 11 is 0. The Kier molecular flexibility index (Phi) is 4.94. The van der Waals surface area contributed by atoms with Crippen LogP contribution in [0.5, 0.6) is 0 Å². The Bertz CT molecular complexity index is 1150. The first-order valence-electron chi connectivity index (χ1n) is 9.54. The molecule has 0 unspecified atom stereocenters. The van der Waals surface area contributed by atoms with Crippen molar-refractivity contribution in [2.24, 2.45) is 0 Å². The number of para-hydroxylation sites is 1. The number of hydrogen-bond acceptors (Lipinski definition) is 3. The van der Waals surface area contributed by atoms with E-state index in [0.29, 0.717) is 5.39 Å². The van der Waals surface area contributed by atoms with Crippen LogP contribution in [0.15, 0.2) is 84.0 Å². The monoisotopic (exact) mass is 369 g/mol. The number of rotatable bonds is 4. The van der Waals surface area contributed by atoms with Gasteiger partial charge in [-0.15, -0.1) is 0 Å². The summed E-state index contributed by atoms with van der Waals surface area (Å²) < 4.78 is 2.13. The van der Waals surface area contributed by atoms with E-state index in [1.54, 1.807) is 12.3 Å². The van der Waals surface area contributed by atoms with Crippen molar-refractivity contribution < 1.29 is 0 Å². The maximum absolute atomic E-state index is 12.9. The molecule has 0 bridgehead atoms. The molecule has 1 aliphatic rings. The molecule has 0 aliphatic heterocycles. The lowest BCUT2D eigenvalue weighted by molar-refractivity contribution is 0.860. The fourth-order valence-corrected chi connectivity index (χ4v) is 3.46. The number of benzene rings is 1. The van der Waals surface area contributed by atoms with E-state index in [4.69, 9.17) is 0 Å². The Morgan fingerprint density at radius 1 is 1.11 bits per heavy atom. The molecule has 1 aromatic carbocycles. The van der Waals surface area contributed by atoms with E-state index < -0.39 is 0 Å². The standard InChI is InChI=1S/C24H23N3O/c1-17(2)20-15-25-16-21-22(28)14-23(26-18-10-6-5-7-11-18)27(24(20)21)19-12-8-3-4-9-13-19/h3,5-17,26H,4H2,1-2H3. The Labute approximate surface area is 164 Å². The number of allylic oxidation sites excluding steroid dienone is 6. The number of anilines is 2. The lowest BCUT2D eigenvalue weighted by atomic mass is 10.0. The molecule has 0 saturated heterocycles. The molecule has 0 saturated carbocycles. The molecule has 4 nitrogen and oxygen atoms in total. The predicted molar refractivity (Wildman–Crippen MR) is 117 cm³/mol. The molecule has 1 N–H and O–H groups in total. The molecule has 0 amide bonds. The van der Waals surface area contributed by atoms with Crippen LogP contribution in [0.3, 0.4) is 0 Å². The minimum absolute atomic E-state index is 0.0339. The SMILES string of the molecule is CC(C)c1cncc2c(=O)cc(Nc3ccccc3)n(C3=CC=CCC=C3)c12. The van der Waals surface area contributed by atoms with Crippen LogP contribution in [-0.4, -0.2) is 9.55 Å². The largest absolute Gasteiger partial charge is 0.341 e. The molecule has 4 heteroatoms. The summed E-state index contributed by atoms with van der Waals surface area (Å²) in [5, 5.41) is 4.06. The van der Waals surface area contributed by atoms with E-state index in [0.717, 1.165) is 34.7 Å². The van der Waals surface area contributed by atoms with Crippen LogP contribution >= 0.6 is 0 Å². The van der Waals surface area contributed by atoms with Crippen LogP contribution in [0.4, 0.5) is 11.5 Å². The van der Waals surface area contributed by atoms with Crippen LogP contribution in [0, 0.1) is 0 Å². The third-order valence-corrected chi connectivity index (χ3v) is 4.83. The molecule has 0 atom stereocenters. The molecule has 3 aromatic rings. The summed E-state index contributed by atoms with van der Waals surface area (Å²) in [6, 6.07) is 11.6. The molecule has 0 spiro atoms. The molecule has 0 radical (unpaired) electrons. The second-order valence-corrected chi connectivity index (χ2v) is 7.16.